The van der Waals surface area contributed by atoms with Crippen LogP contribution in [0.15, 0.2) is 48.6 Å². The van der Waals surface area contributed by atoms with Gasteiger partial charge >= 0.3 is 0 Å². The normalized spacial score (nSPS) is 15.8. The number of benzene rings is 2. The summed E-state index contributed by atoms with van der Waals surface area (Å²) in [5.74, 6) is 0.943. The van der Waals surface area contributed by atoms with Gasteiger partial charge in [0.25, 0.3) is 0 Å². The quantitative estimate of drug-likeness (QED) is 0.764. The maximum Gasteiger partial charge on any atom is 0.126 e. The fraction of sp³-hybridized carbons (Fsp3) is 0.400. The SMILES string of the molecule is C=C(C)C[C@H](c1ccc(OC)c2ccccc12)N1CCNCC1.Cl.Cl. The van der Waals surface area contributed by atoms with Crippen molar-refractivity contribution in [2.75, 3.05) is 33.3 Å². The van der Waals surface area contributed by atoms with Crippen molar-refractivity contribution in [1.29, 1.82) is 0 Å². The third-order valence-electron chi connectivity index (χ3n) is 4.63. The highest BCUT2D eigenvalue weighted by Crippen LogP contribution is 2.36. The van der Waals surface area contributed by atoms with E-state index in [2.05, 4.69) is 60.1 Å². The standard InChI is InChI=1S/C20H26N2O.2ClH/c1-15(2)14-19(22-12-10-21-11-13-22)17-8-9-20(23-3)18-7-5-4-6-16(17)18;;/h4-9,19,21H,1,10-14H2,2-3H3;2*1H/t19-;;/m1../s1. The molecule has 0 saturated carbocycles. The maximum atomic E-state index is 5.55. The van der Waals surface area contributed by atoms with E-state index < -0.39 is 0 Å². The number of hydrogen-bond donors (Lipinski definition) is 1. The molecular weight excluding hydrogens is 355 g/mol. The summed E-state index contributed by atoms with van der Waals surface area (Å²) in [6, 6.07) is 13.3. The summed E-state index contributed by atoms with van der Waals surface area (Å²) in [5, 5.41) is 5.92. The number of methoxy groups -OCH3 is 1. The van der Waals surface area contributed by atoms with Crippen molar-refractivity contribution in [1.82, 2.24) is 10.2 Å². The van der Waals surface area contributed by atoms with E-state index in [9.17, 15) is 0 Å². The molecule has 1 aliphatic heterocycles. The highest BCUT2D eigenvalue weighted by molar-refractivity contribution is 5.91. The lowest BCUT2D eigenvalue weighted by Crippen LogP contribution is -2.45. The molecule has 1 aliphatic rings. The molecule has 3 rings (SSSR count). The molecule has 2 aromatic carbocycles. The van der Waals surface area contributed by atoms with Crippen LogP contribution in [0.2, 0.25) is 0 Å². The predicted octanol–water partition coefficient (Wildman–Crippen LogP) is 4.60. The molecule has 138 valence electrons. The zero-order valence-electron chi connectivity index (χ0n) is 15.0. The van der Waals surface area contributed by atoms with Gasteiger partial charge in [-0.05, 0) is 30.4 Å². The first-order valence-electron chi connectivity index (χ1n) is 8.35. The van der Waals surface area contributed by atoms with Gasteiger partial charge in [-0.15, -0.1) is 31.4 Å². The molecule has 0 spiro atoms. The van der Waals surface area contributed by atoms with E-state index in [1.54, 1.807) is 7.11 Å². The van der Waals surface area contributed by atoms with Crippen molar-refractivity contribution in [2.24, 2.45) is 0 Å². The summed E-state index contributed by atoms with van der Waals surface area (Å²) in [4.78, 5) is 2.58. The molecule has 2 aromatic rings. The zero-order valence-corrected chi connectivity index (χ0v) is 16.6. The molecule has 5 heteroatoms. The van der Waals surface area contributed by atoms with E-state index >= 15 is 0 Å². The monoisotopic (exact) mass is 382 g/mol. The van der Waals surface area contributed by atoms with Gasteiger partial charge in [0.05, 0.1) is 7.11 Å². The van der Waals surface area contributed by atoms with Crippen molar-refractivity contribution in [3.63, 3.8) is 0 Å². The molecule has 25 heavy (non-hydrogen) atoms. The average Bonchev–Trinajstić information content (AvgIpc) is 2.59. The second kappa shape index (κ2) is 10.0. The lowest BCUT2D eigenvalue weighted by molar-refractivity contribution is 0.173. The van der Waals surface area contributed by atoms with Crippen LogP contribution in [0.4, 0.5) is 0 Å². The minimum Gasteiger partial charge on any atom is -0.496 e. The Morgan fingerprint density at radius 2 is 1.76 bits per heavy atom. The fourth-order valence-electron chi connectivity index (χ4n) is 3.52. The van der Waals surface area contributed by atoms with Crippen LogP contribution in [-0.2, 0) is 0 Å². The van der Waals surface area contributed by atoms with Crippen molar-refractivity contribution in [2.45, 2.75) is 19.4 Å². The Balaban J connectivity index is 0.00000156. The first-order valence-corrected chi connectivity index (χ1v) is 8.35. The highest BCUT2D eigenvalue weighted by Gasteiger charge is 2.24. The van der Waals surface area contributed by atoms with Crippen molar-refractivity contribution < 1.29 is 4.74 Å². The first-order chi connectivity index (χ1) is 11.2. The Hall–Kier alpha value is -1.26. The van der Waals surface area contributed by atoms with Gasteiger partial charge in [0.1, 0.15) is 5.75 Å². The van der Waals surface area contributed by atoms with Crippen LogP contribution in [0.3, 0.4) is 0 Å². The Labute approximate surface area is 163 Å². The van der Waals surface area contributed by atoms with Gasteiger partial charge < -0.3 is 10.1 Å². The van der Waals surface area contributed by atoms with Gasteiger partial charge in [-0.1, -0.05) is 35.9 Å². The van der Waals surface area contributed by atoms with Crippen LogP contribution in [0.5, 0.6) is 5.75 Å². The Kier molecular flexibility index (Phi) is 8.74. The molecule has 0 unspecified atom stereocenters. The van der Waals surface area contributed by atoms with Crippen molar-refractivity contribution in [3.8, 4) is 5.75 Å². The van der Waals surface area contributed by atoms with Crippen LogP contribution in [-0.4, -0.2) is 38.2 Å². The highest BCUT2D eigenvalue weighted by atomic mass is 35.5. The fourth-order valence-corrected chi connectivity index (χ4v) is 3.52. The van der Waals surface area contributed by atoms with Crippen LogP contribution in [0, 0.1) is 0 Å². The first kappa shape index (κ1) is 21.8. The van der Waals surface area contributed by atoms with Gasteiger partial charge in [-0.2, -0.15) is 0 Å². The smallest absolute Gasteiger partial charge is 0.126 e. The minimum atomic E-state index is 0. The van der Waals surface area contributed by atoms with Gasteiger partial charge in [-0.25, -0.2) is 0 Å². The molecule has 0 aliphatic carbocycles. The number of rotatable bonds is 5. The summed E-state index contributed by atoms with van der Waals surface area (Å²) in [7, 11) is 1.74. The zero-order chi connectivity index (χ0) is 16.2. The number of piperazine rings is 1. The molecule has 1 heterocycles. The molecule has 0 bridgehead atoms. The number of ether oxygens (including phenoxy) is 1. The molecule has 1 N–H and O–H groups in total. The number of fused-ring (bicyclic) bond motifs is 1. The largest absolute Gasteiger partial charge is 0.496 e. The third kappa shape index (κ3) is 4.89. The second-order valence-corrected chi connectivity index (χ2v) is 6.37. The van der Waals surface area contributed by atoms with E-state index in [0.29, 0.717) is 6.04 Å². The topological polar surface area (TPSA) is 24.5 Å². The molecule has 0 radical (unpaired) electrons. The van der Waals surface area contributed by atoms with Gasteiger partial charge in [-0.3, -0.25) is 4.90 Å². The van der Waals surface area contributed by atoms with Crippen LogP contribution in [0.1, 0.15) is 24.9 Å². The summed E-state index contributed by atoms with van der Waals surface area (Å²) >= 11 is 0. The molecular formula is C20H28Cl2N2O. The molecule has 1 saturated heterocycles. The van der Waals surface area contributed by atoms with Crippen LogP contribution < -0.4 is 10.1 Å². The van der Waals surface area contributed by atoms with Gasteiger partial charge in [0.2, 0.25) is 0 Å². The minimum absolute atomic E-state index is 0. The van der Waals surface area contributed by atoms with Crippen LogP contribution in [0.25, 0.3) is 10.8 Å². The van der Waals surface area contributed by atoms with Gasteiger partial charge in [0, 0.05) is 37.6 Å². The van der Waals surface area contributed by atoms with Crippen molar-refractivity contribution >= 4 is 35.6 Å². The Morgan fingerprint density at radius 1 is 1.12 bits per heavy atom. The third-order valence-corrected chi connectivity index (χ3v) is 4.63. The van der Waals surface area contributed by atoms with E-state index in [0.717, 1.165) is 38.3 Å². The van der Waals surface area contributed by atoms with E-state index in [1.165, 1.54) is 21.9 Å². The summed E-state index contributed by atoms with van der Waals surface area (Å²) < 4.78 is 5.55. The molecule has 0 amide bonds. The molecule has 1 fully saturated rings. The summed E-state index contributed by atoms with van der Waals surface area (Å²) in [5.41, 5.74) is 2.61. The maximum absolute atomic E-state index is 5.55. The Bertz CT molecular complexity index is 699. The van der Waals surface area contributed by atoms with E-state index in [1.807, 2.05) is 0 Å². The van der Waals surface area contributed by atoms with Gasteiger partial charge in [0.15, 0.2) is 0 Å². The average molecular weight is 383 g/mol. The predicted molar refractivity (Wildman–Crippen MR) is 112 cm³/mol. The summed E-state index contributed by atoms with van der Waals surface area (Å²) in [6.07, 6.45) is 0.996. The number of nitrogens with zero attached hydrogens (tertiary/aromatic N) is 1. The number of halogens is 2. The molecule has 1 atom stereocenters. The lowest BCUT2D eigenvalue weighted by Gasteiger charge is -2.36. The second-order valence-electron chi connectivity index (χ2n) is 6.37. The number of nitrogens with one attached hydrogen (secondary N) is 1. The number of hydrogen-bond acceptors (Lipinski definition) is 3. The summed E-state index contributed by atoms with van der Waals surface area (Å²) in [6.45, 7) is 10.6. The Morgan fingerprint density at radius 3 is 2.36 bits per heavy atom. The lowest BCUT2D eigenvalue weighted by atomic mass is 9.92. The molecule has 3 nitrogen and oxygen atoms in total. The van der Waals surface area contributed by atoms with E-state index in [-0.39, 0.29) is 24.8 Å². The van der Waals surface area contributed by atoms with E-state index in [4.69, 9.17) is 4.74 Å². The van der Waals surface area contributed by atoms with Crippen LogP contribution >= 0.6 is 24.8 Å². The molecule has 0 aromatic heterocycles. The van der Waals surface area contributed by atoms with Crippen molar-refractivity contribution in [3.05, 3.63) is 54.1 Å².